The first-order valence-corrected chi connectivity index (χ1v) is 9.48. The van der Waals surface area contributed by atoms with Crippen molar-refractivity contribution in [3.8, 4) is 0 Å². The van der Waals surface area contributed by atoms with Gasteiger partial charge in [0.2, 0.25) is 0 Å². The van der Waals surface area contributed by atoms with E-state index in [4.69, 9.17) is 9.47 Å². The molecule has 0 spiro atoms. The van der Waals surface area contributed by atoms with Gasteiger partial charge in [0.1, 0.15) is 17.7 Å². The Balaban J connectivity index is 3.00. The fraction of sp³-hybridized carbons (Fsp3) is 0.600. The highest BCUT2D eigenvalue weighted by atomic mass is 16.6. The molecule has 10 heteroatoms. The minimum Gasteiger partial charge on any atom is -0.711 e. The largest absolute Gasteiger partial charge is 0.711 e. The summed E-state index contributed by atoms with van der Waals surface area (Å²) in [6.45, 7) is 10.3. The fourth-order valence-corrected chi connectivity index (χ4v) is 2.27. The number of hydrogen-bond acceptors (Lipinski definition) is 7. The molecule has 0 unspecified atom stereocenters. The van der Waals surface area contributed by atoms with Crippen molar-refractivity contribution in [3.63, 3.8) is 0 Å². The molecular weight excluding hydrogens is 394 g/mol. The topological polar surface area (TPSA) is 121 Å². The van der Waals surface area contributed by atoms with Gasteiger partial charge in [-0.25, -0.2) is 9.52 Å². The molecule has 1 N–H and O–H groups in total. The quantitative estimate of drug-likeness (QED) is 0.321. The molecule has 0 aliphatic heterocycles. The lowest BCUT2D eigenvalue weighted by atomic mass is 10.2. The normalized spacial score (nSPS) is 11.4. The van der Waals surface area contributed by atoms with Crippen LogP contribution in [-0.2, 0) is 25.4 Å². The number of nitrogens with one attached hydrogen (secondary N) is 1. The van der Waals surface area contributed by atoms with Gasteiger partial charge in [-0.2, -0.15) is 9.69 Å². The third-order valence-corrected chi connectivity index (χ3v) is 3.43. The number of methoxy groups -OCH3 is 1. The summed E-state index contributed by atoms with van der Waals surface area (Å²) in [4.78, 5) is 37.0. The van der Waals surface area contributed by atoms with Crippen molar-refractivity contribution in [1.82, 2.24) is 5.32 Å². The Morgan fingerprint density at radius 1 is 1.07 bits per heavy atom. The van der Waals surface area contributed by atoms with E-state index in [1.54, 1.807) is 47.6 Å². The first kappa shape index (κ1) is 25.0. The summed E-state index contributed by atoms with van der Waals surface area (Å²) >= 11 is 0. The van der Waals surface area contributed by atoms with Crippen LogP contribution in [0.2, 0.25) is 0 Å². The molecule has 0 aliphatic rings. The number of rotatable bonds is 6. The molecule has 1 rings (SSSR count). The number of esters is 1. The number of hydrogen-bond donors (Lipinski definition) is 1. The minimum absolute atomic E-state index is 0.0103. The number of ether oxygens (including phenoxy) is 3. The Hall–Kier alpha value is -3.04. The summed E-state index contributed by atoms with van der Waals surface area (Å²) in [6, 6.07) is 2.95. The van der Waals surface area contributed by atoms with Crippen LogP contribution in [-0.4, -0.2) is 49.6 Å². The van der Waals surface area contributed by atoms with Gasteiger partial charge in [-0.15, -0.1) is 0 Å². The molecule has 1 aromatic rings. The van der Waals surface area contributed by atoms with Crippen molar-refractivity contribution in [2.75, 3.05) is 25.1 Å². The van der Waals surface area contributed by atoms with Crippen molar-refractivity contribution in [2.24, 2.45) is 0 Å². The highest BCUT2D eigenvalue weighted by Gasteiger charge is 2.31. The third kappa shape index (κ3) is 8.97. The van der Waals surface area contributed by atoms with E-state index in [1.165, 1.54) is 19.4 Å². The first-order chi connectivity index (χ1) is 13.7. The number of aromatic nitrogens is 1. The summed E-state index contributed by atoms with van der Waals surface area (Å²) < 4.78 is 15.6. The van der Waals surface area contributed by atoms with Crippen molar-refractivity contribution in [3.05, 3.63) is 29.1 Å². The molecule has 0 bridgehead atoms. The third-order valence-electron chi connectivity index (χ3n) is 3.43. The van der Waals surface area contributed by atoms with Gasteiger partial charge >= 0.3 is 18.2 Å². The molecular formula is C20H31N3O7. The van der Waals surface area contributed by atoms with Crippen molar-refractivity contribution in [1.29, 1.82) is 0 Å². The van der Waals surface area contributed by atoms with E-state index in [0.29, 0.717) is 10.3 Å². The van der Waals surface area contributed by atoms with E-state index < -0.39 is 29.4 Å². The number of pyridine rings is 1. The lowest BCUT2D eigenvalue weighted by Gasteiger charge is -2.24. The van der Waals surface area contributed by atoms with Gasteiger partial charge in [0.15, 0.2) is 0 Å². The molecule has 10 nitrogen and oxygen atoms in total. The van der Waals surface area contributed by atoms with E-state index in [0.717, 1.165) is 4.90 Å². The van der Waals surface area contributed by atoms with Crippen LogP contribution in [0.4, 0.5) is 15.4 Å². The van der Waals surface area contributed by atoms with Crippen molar-refractivity contribution in [2.45, 2.75) is 59.2 Å². The summed E-state index contributed by atoms with van der Waals surface area (Å²) in [6.07, 6.45) is -0.287. The lowest BCUT2D eigenvalue weighted by Crippen LogP contribution is -2.47. The van der Waals surface area contributed by atoms with Gasteiger partial charge in [-0.05, 0) is 47.6 Å². The Labute approximate surface area is 176 Å². The molecule has 2 amide bonds. The average molecular weight is 425 g/mol. The number of amides is 2. The molecule has 1 aromatic heterocycles. The summed E-state index contributed by atoms with van der Waals surface area (Å²) in [5.41, 5.74) is -1.02. The monoisotopic (exact) mass is 425 g/mol. The number of carbonyl (C=O) groups is 3. The number of nitrogens with zero attached hydrogens (tertiary/aromatic N) is 2. The summed E-state index contributed by atoms with van der Waals surface area (Å²) in [5.74, 6) is -0.503. The van der Waals surface area contributed by atoms with E-state index in [1.807, 2.05) is 0 Å². The predicted octanol–water partition coefficient (Wildman–Crippen LogP) is 2.30. The highest BCUT2D eigenvalue weighted by molar-refractivity contribution is 5.86. The van der Waals surface area contributed by atoms with E-state index in [9.17, 15) is 19.6 Å². The van der Waals surface area contributed by atoms with Gasteiger partial charge < -0.3 is 24.7 Å². The number of alkyl carbamates (subject to hydrolysis) is 1. The highest BCUT2D eigenvalue weighted by Crippen LogP contribution is 2.16. The van der Waals surface area contributed by atoms with Crippen LogP contribution in [0.15, 0.2) is 18.3 Å². The molecule has 0 saturated heterocycles. The maximum Gasteiger partial charge on any atom is 0.507 e. The molecule has 168 valence electrons. The van der Waals surface area contributed by atoms with E-state index >= 15 is 0 Å². The van der Waals surface area contributed by atoms with Crippen LogP contribution >= 0.6 is 0 Å². The maximum absolute atomic E-state index is 12.7. The Morgan fingerprint density at radius 2 is 1.67 bits per heavy atom. The van der Waals surface area contributed by atoms with E-state index in [2.05, 4.69) is 10.1 Å². The first-order valence-electron chi connectivity index (χ1n) is 9.48. The molecule has 0 atom stereocenters. The molecule has 1 heterocycles. The smallest absolute Gasteiger partial charge is 0.507 e. The van der Waals surface area contributed by atoms with Crippen LogP contribution in [0.3, 0.4) is 0 Å². The number of anilines is 1. The van der Waals surface area contributed by atoms with Crippen LogP contribution in [0.1, 0.15) is 47.1 Å². The fourth-order valence-electron chi connectivity index (χ4n) is 2.27. The SMILES string of the molecule is COC(=O)Cc1ccc(N(CCNC(=O)OC(C)(C)C)C(=O)OC(C)(C)C)[n+]([O-])c1. The van der Waals surface area contributed by atoms with Gasteiger partial charge in [0.05, 0.1) is 26.3 Å². The Bertz CT molecular complexity index is 767. The van der Waals surface area contributed by atoms with Gasteiger partial charge in [-0.1, -0.05) is 0 Å². The van der Waals surface area contributed by atoms with Crippen molar-refractivity contribution >= 4 is 24.0 Å². The predicted molar refractivity (Wildman–Crippen MR) is 109 cm³/mol. The van der Waals surface area contributed by atoms with E-state index in [-0.39, 0.29) is 25.3 Å². The molecule has 0 saturated carbocycles. The molecule has 30 heavy (non-hydrogen) atoms. The second kappa shape index (κ2) is 10.1. The number of carbonyl (C=O) groups excluding carboxylic acids is 3. The zero-order valence-electron chi connectivity index (χ0n) is 18.6. The lowest BCUT2D eigenvalue weighted by molar-refractivity contribution is -0.592. The summed E-state index contributed by atoms with van der Waals surface area (Å²) in [5, 5.41) is 15.0. The molecule has 0 aromatic carbocycles. The molecule has 0 radical (unpaired) electrons. The second-order valence-corrected chi connectivity index (χ2v) is 8.53. The zero-order valence-corrected chi connectivity index (χ0v) is 18.6. The van der Waals surface area contributed by atoms with Crippen LogP contribution in [0, 0.1) is 5.21 Å². The second-order valence-electron chi connectivity index (χ2n) is 8.53. The van der Waals surface area contributed by atoms with Gasteiger partial charge in [-0.3, -0.25) is 4.79 Å². The van der Waals surface area contributed by atoms with Gasteiger partial charge in [0.25, 0.3) is 5.82 Å². The zero-order chi connectivity index (χ0) is 23.1. The molecule has 0 fully saturated rings. The summed E-state index contributed by atoms with van der Waals surface area (Å²) in [7, 11) is 1.25. The average Bonchev–Trinajstić information content (AvgIpc) is 2.56. The Kier molecular flexibility index (Phi) is 8.44. The van der Waals surface area contributed by atoms with Crippen LogP contribution < -0.4 is 14.9 Å². The Morgan fingerprint density at radius 3 is 2.17 bits per heavy atom. The maximum atomic E-state index is 12.7. The standard InChI is InChI=1S/C20H31N3O7/c1-19(2,3)29-17(25)21-10-11-22(18(26)30-20(4,5)6)15-9-8-14(13-23(15)27)12-16(24)28-7/h8-9,13H,10-12H2,1-7H3,(H,21,25). The van der Waals surface area contributed by atoms with Crippen molar-refractivity contribution < 1.29 is 33.3 Å². The van der Waals surface area contributed by atoms with Crippen LogP contribution in [0.25, 0.3) is 0 Å². The van der Waals surface area contributed by atoms with Crippen LogP contribution in [0.5, 0.6) is 0 Å². The molecule has 0 aliphatic carbocycles. The van der Waals surface area contributed by atoms with Gasteiger partial charge in [0, 0.05) is 11.6 Å². The minimum atomic E-state index is -0.785.